The number of hydrogen-bond donors (Lipinski definition) is 2. The Kier molecular flexibility index (Phi) is 5.64. The van der Waals surface area contributed by atoms with Crippen molar-refractivity contribution in [2.45, 2.75) is 13.3 Å². The van der Waals surface area contributed by atoms with E-state index in [9.17, 15) is 9.59 Å². The van der Waals surface area contributed by atoms with Gasteiger partial charge in [0.1, 0.15) is 0 Å². The second-order valence-corrected chi connectivity index (χ2v) is 5.07. The molecule has 0 aliphatic carbocycles. The summed E-state index contributed by atoms with van der Waals surface area (Å²) in [4.78, 5) is 22.6. The number of benzene rings is 1. The predicted molar refractivity (Wildman–Crippen MR) is 74.5 cm³/mol. The van der Waals surface area contributed by atoms with Gasteiger partial charge in [0, 0.05) is 16.2 Å². The van der Waals surface area contributed by atoms with Crippen molar-refractivity contribution in [3.05, 3.63) is 28.2 Å². The van der Waals surface area contributed by atoms with Crippen molar-refractivity contribution in [2.75, 3.05) is 10.6 Å². The number of urea groups is 1. The van der Waals surface area contributed by atoms with E-state index in [0.717, 1.165) is 10.0 Å². The minimum Gasteiger partial charge on any atom is -0.307 e. The fourth-order valence-corrected chi connectivity index (χ4v) is 2.10. The van der Waals surface area contributed by atoms with E-state index < -0.39 is 6.03 Å². The first-order chi connectivity index (χ1) is 8.02. The van der Waals surface area contributed by atoms with Crippen LogP contribution in [0.15, 0.2) is 22.7 Å². The van der Waals surface area contributed by atoms with Crippen LogP contribution in [-0.2, 0) is 4.79 Å². The molecule has 0 radical (unpaired) electrons. The molecule has 2 N–H and O–H groups in total. The summed E-state index contributed by atoms with van der Waals surface area (Å²) >= 11 is 6.46. The maximum Gasteiger partial charge on any atom is 0.325 e. The number of halogens is 2. The first-order valence-corrected chi connectivity index (χ1v) is 6.87. The third kappa shape index (κ3) is 4.87. The van der Waals surface area contributed by atoms with Gasteiger partial charge in [-0.2, -0.15) is 0 Å². The van der Waals surface area contributed by atoms with Gasteiger partial charge in [0.25, 0.3) is 0 Å². The van der Waals surface area contributed by atoms with Crippen molar-refractivity contribution in [3.8, 4) is 0 Å². The van der Waals surface area contributed by atoms with E-state index in [1.54, 1.807) is 6.07 Å². The van der Waals surface area contributed by atoms with E-state index in [4.69, 9.17) is 0 Å². The largest absolute Gasteiger partial charge is 0.325 e. The van der Waals surface area contributed by atoms with Crippen LogP contribution < -0.4 is 10.6 Å². The van der Waals surface area contributed by atoms with Crippen LogP contribution in [0, 0.1) is 6.92 Å². The van der Waals surface area contributed by atoms with Crippen molar-refractivity contribution in [3.63, 3.8) is 0 Å². The van der Waals surface area contributed by atoms with E-state index in [1.807, 2.05) is 19.1 Å². The van der Waals surface area contributed by atoms with Crippen LogP contribution in [-0.4, -0.2) is 17.3 Å². The van der Waals surface area contributed by atoms with Crippen LogP contribution in [0.4, 0.5) is 10.5 Å². The van der Waals surface area contributed by atoms with Crippen molar-refractivity contribution in [1.29, 1.82) is 0 Å². The second kappa shape index (κ2) is 6.76. The molecule has 0 fully saturated rings. The molecule has 0 atom stereocenters. The van der Waals surface area contributed by atoms with E-state index >= 15 is 0 Å². The minimum absolute atomic E-state index is 0.266. The molecule has 1 rings (SSSR count). The molecule has 0 aromatic heterocycles. The number of alkyl halides is 1. The first-order valence-electron chi connectivity index (χ1n) is 4.96. The molecule has 0 spiro atoms. The summed E-state index contributed by atoms with van der Waals surface area (Å²) in [5.41, 5.74) is 1.71. The van der Waals surface area contributed by atoms with Crippen LogP contribution in [0.25, 0.3) is 0 Å². The summed E-state index contributed by atoms with van der Waals surface area (Å²) in [5, 5.41) is 5.35. The van der Waals surface area contributed by atoms with Gasteiger partial charge < -0.3 is 5.32 Å². The molecule has 0 heterocycles. The first kappa shape index (κ1) is 14.2. The van der Waals surface area contributed by atoms with Gasteiger partial charge in [0.15, 0.2) is 0 Å². The SMILES string of the molecule is Cc1ccc(NC(=O)NC(=O)CCBr)c(Br)c1. The van der Waals surface area contributed by atoms with Crippen LogP contribution in [0.5, 0.6) is 0 Å². The number of anilines is 1. The van der Waals surface area contributed by atoms with E-state index in [1.165, 1.54) is 0 Å². The lowest BCUT2D eigenvalue weighted by Crippen LogP contribution is -2.34. The number of rotatable bonds is 3. The van der Waals surface area contributed by atoms with Crippen molar-refractivity contribution in [1.82, 2.24) is 5.32 Å². The molecule has 6 heteroatoms. The number of carbonyl (C=O) groups is 2. The highest BCUT2D eigenvalue weighted by molar-refractivity contribution is 9.10. The highest BCUT2D eigenvalue weighted by Gasteiger charge is 2.08. The summed E-state index contributed by atoms with van der Waals surface area (Å²) in [6, 6.07) is 5.00. The van der Waals surface area contributed by atoms with Crippen LogP contribution in [0.2, 0.25) is 0 Å². The summed E-state index contributed by atoms with van der Waals surface area (Å²) in [6.45, 7) is 1.95. The van der Waals surface area contributed by atoms with Crippen LogP contribution >= 0.6 is 31.9 Å². The fraction of sp³-hybridized carbons (Fsp3) is 0.273. The normalized spacial score (nSPS) is 9.82. The maximum atomic E-state index is 11.5. The molecule has 0 aliphatic rings. The Morgan fingerprint density at radius 2 is 2.06 bits per heavy atom. The molecule has 0 aliphatic heterocycles. The van der Waals surface area contributed by atoms with Gasteiger partial charge in [-0.05, 0) is 40.5 Å². The standard InChI is InChI=1S/C11H12Br2N2O2/c1-7-2-3-9(8(13)6-7)14-11(17)15-10(16)4-5-12/h2-3,6H,4-5H2,1H3,(H2,14,15,16,17). The highest BCUT2D eigenvalue weighted by Crippen LogP contribution is 2.23. The third-order valence-electron chi connectivity index (χ3n) is 1.95. The van der Waals surface area contributed by atoms with Gasteiger partial charge in [-0.15, -0.1) is 0 Å². The lowest BCUT2D eigenvalue weighted by molar-refractivity contribution is -0.119. The van der Waals surface area contributed by atoms with E-state index in [2.05, 4.69) is 42.5 Å². The molecular formula is C11H12Br2N2O2. The zero-order valence-corrected chi connectivity index (χ0v) is 12.4. The molecular weight excluding hydrogens is 352 g/mol. The number of aryl methyl sites for hydroxylation is 1. The van der Waals surface area contributed by atoms with Crippen LogP contribution in [0.1, 0.15) is 12.0 Å². The Balaban J connectivity index is 2.59. The Morgan fingerprint density at radius 3 is 2.65 bits per heavy atom. The highest BCUT2D eigenvalue weighted by atomic mass is 79.9. The van der Waals surface area contributed by atoms with Gasteiger partial charge in [0.2, 0.25) is 5.91 Å². The lowest BCUT2D eigenvalue weighted by atomic mass is 10.2. The molecule has 0 saturated heterocycles. The Bertz CT molecular complexity index is 435. The van der Waals surface area contributed by atoms with Gasteiger partial charge in [-0.25, -0.2) is 4.79 Å². The molecule has 1 aromatic rings. The predicted octanol–water partition coefficient (Wildman–Crippen LogP) is 3.19. The number of hydrogen-bond acceptors (Lipinski definition) is 2. The number of carbonyl (C=O) groups excluding carboxylic acids is 2. The van der Waals surface area contributed by atoms with Crippen LogP contribution in [0.3, 0.4) is 0 Å². The molecule has 1 aromatic carbocycles. The molecule has 0 unspecified atom stereocenters. The quantitative estimate of drug-likeness (QED) is 0.810. The number of amides is 3. The summed E-state index contributed by atoms with van der Waals surface area (Å²) in [6.07, 6.45) is 0.266. The topological polar surface area (TPSA) is 58.2 Å². The second-order valence-electron chi connectivity index (χ2n) is 3.42. The minimum atomic E-state index is -0.527. The molecule has 0 saturated carbocycles. The molecule has 92 valence electrons. The monoisotopic (exact) mass is 362 g/mol. The number of nitrogens with one attached hydrogen (secondary N) is 2. The molecule has 3 amide bonds. The van der Waals surface area contributed by atoms with Gasteiger partial charge in [-0.1, -0.05) is 22.0 Å². The third-order valence-corrected chi connectivity index (χ3v) is 3.00. The molecule has 4 nitrogen and oxygen atoms in total. The molecule has 17 heavy (non-hydrogen) atoms. The Labute approximate surface area is 116 Å². The van der Waals surface area contributed by atoms with E-state index in [0.29, 0.717) is 11.0 Å². The van der Waals surface area contributed by atoms with Crippen molar-refractivity contribution < 1.29 is 9.59 Å². The lowest BCUT2D eigenvalue weighted by Gasteiger charge is -2.08. The summed E-state index contributed by atoms with van der Waals surface area (Å²) < 4.78 is 0.778. The Morgan fingerprint density at radius 1 is 1.35 bits per heavy atom. The van der Waals surface area contributed by atoms with Gasteiger partial charge in [0.05, 0.1) is 5.69 Å². The maximum absolute atomic E-state index is 11.5. The Hall–Kier alpha value is -0.880. The van der Waals surface area contributed by atoms with E-state index in [-0.39, 0.29) is 12.3 Å². The van der Waals surface area contributed by atoms with Gasteiger partial charge in [-0.3, -0.25) is 10.1 Å². The summed E-state index contributed by atoms with van der Waals surface area (Å²) in [7, 11) is 0. The average molecular weight is 364 g/mol. The molecule has 0 bridgehead atoms. The fourth-order valence-electron chi connectivity index (χ4n) is 1.15. The van der Waals surface area contributed by atoms with Crippen molar-refractivity contribution >= 4 is 49.5 Å². The van der Waals surface area contributed by atoms with Crippen molar-refractivity contribution in [2.24, 2.45) is 0 Å². The average Bonchev–Trinajstić information content (AvgIpc) is 2.22. The smallest absolute Gasteiger partial charge is 0.307 e. The summed E-state index contributed by atoms with van der Waals surface area (Å²) in [5.74, 6) is -0.317. The zero-order valence-electron chi connectivity index (χ0n) is 9.22. The van der Waals surface area contributed by atoms with Gasteiger partial charge >= 0.3 is 6.03 Å². The number of imide groups is 1. The zero-order chi connectivity index (χ0) is 12.8.